The molecule has 0 aliphatic heterocycles. The summed E-state index contributed by atoms with van der Waals surface area (Å²) in [7, 11) is 1.60. The molecule has 0 heterocycles. The highest BCUT2D eigenvalue weighted by atomic mass is 35.5. The van der Waals surface area contributed by atoms with E-state index in [0.29, 0.717) is 10.8 Å². The minimum atomic E-state index is 0.222. The minimum absolute atomic E-state index is 0.222. The molecular formula is C11H14ClNO. The predicted molar refractivity (Wildman–Crippen MR) is 61.3 cm³/mol. The first kappa shape index (κ1) is 10.9. The summed E-state index contributed by atoms with van der Waals surface area (Å²) in [5.74, 6) is 0.684. The van der Waals surface area contributed by atoms with Crippen LogP contribution in [-0.4, -0.2) is 13.2 Å². The standard InChI is InChI=1S/C11H14ClNO/c1-4-8(2)13-9-5-6-11(14-3)10(12)7-9/h4-8,13H,1H2,2-3H3. The lowest BCUT2D eigenvalue weighted by atomic mass is 10.2. The maximum atomic E-state index is 5.97. The first-order valence-electron chi connectivity index (χ1n) is 4.40. The van der Waals surface area contributed by atoms with E-state index in [2.05, 4.69) is 11.9 Å². The van der Waals surface area contributed by atoms with Gasteiger partial charge in [0.25, 0.3) is 0 Å². The highest BCUT2D eigenvalue weighted by Gasteiger charge is 2.02. The van der Waals surface area contributed by atoms with Gasteiger partial charge < -0.3 is 10.1 Å². The lowest BCUT2D eigenvalue weighted by molar-refractivity contribution is 0.415. The Morgan fingerprint density at radius 2 is 2.29 bits per heavy atom. The quantitative estimate of drug-likeness (QED) is 0.772. The van der Waals surface area contributed by atoms with Gasteiger partial charge in [-0.3, -0.25) is 0 Å². The van der Waals surface area contributed by atoms with Gasteiger partial charge in [0, 0.05) is 11.7 Å². The van der Waals surface area contributed by atoms with E-state index in [1.165, 1.54) is 0 Å². The molecular weight excluding hydrogens is 198 g/mol. The van der Waals surface area contributed by atoms with Crippen molar-refractivity contribution in [3.8, 4) is 5.75 Å². The van der Waals surface area contributed by atoms with Gasteiger partial charge in [-0.25, -0.2) is 0 Å². The predicted octanol–water partition coefficient (Wildman–Crippen LogP) is 3.34. The van der Waals surface area contributed by atoms with Gasteiger partial charge in [-0.05, 0) is 25.1 Å². The van der Waals surface area contributed by atoms with Crippen LogP contribution in [0.4, 0.5) is 5.69 Å². The van der Waals surface area contributed by atoms with Gasteiger partial charge in [-0.15, -0.1) is 6.58 Å². The molecule has 0 aliphatic rings. The number of anilines is 1. The third-order valence-electron chi connectivity index (χ3n) is 1.90. The molecule has 2 nitrogen and oxygen atoms in total. The van der Waals surface area contributed by atoms with Crippen LogP contribution in [0.1, 0.15) is 6.92 Å². The molecule has 76 valence electrons. The fourth-order valence-corrected chi connectivity index (χ4v) is 1.34. The molecule has 1 N–H and O–H groups in total. The molecule has 3 heteroatoms. The van der Waals surface area contributed by atoms with Crippen molar-refractivity contribution in [2.75, 3.05) is 12.4 Å². The van der Waals surface area contributed by atoms with Crippen LogP contribution in [0, 0.1) is 0 Å². The SMILES string of the molecule is C=CC(C)Nc1ccc(OC)c(Cl)c1. The van der Waals surface area contributed by atoms with E-state index in [4.69, 9.17) is 16.3 Å². The summed E-state index contributed by atoms with van der Waals surface area (Å²) in [6.45, 7) is 5.71. The highest BCUT2D eigenvalue weighted by molar-refractivity contribution is 6.32. The van der Waals surface area contributed by atoms with Crippen LogP contribution in [0.3, 0.4) is 0 Å². The molecule has 1 aromatic carbocycles. The maximum Gasteiger partial charge on any atom is 0.137 e. The second-order valence-electron chi connectivity index (χ2n) is 3.02. The van der Waals surface area contributed by atoms with E-state index in [1.54, 1.807) is 7.11 Å². The van der Waals surface area contributed by atoms with Crippen molar-refractivity contribution in [1.82, 2.24) is 0 Å². The molecule has 0 saturated carbocycles. The molecule has 0 saturated heterocycles. The zero-order chi connectivity index (χ0) is 10.6. The first-order valence-corrected chi connectivity index (χ1v) is 4.77. The molecule has 0 bridgehead atoms. The molecule has 1 atom stereocenters. The fourth-order valence-electron chi connectivity index (χ4n) is 1.08. The van der Waals surface area contributed by atoms with Crippen LogP contribution in [-0.2, 0) is 0 Å². The Bertz CT molecular complexity index is 325. The van der Waals surface area contributed by atoms with E-state index >= 15 is 0 Å². The summed E-state index contributed by atoms with van der Waals surface area (Å²) in [5, 5.41) is 3.83. The van der Waals surface area contributed by atoms with Crippen molar-refractivity contribution < 1.29 is 4.74 Å². The number of rotatable bonds is 4. The maximum absolute atomic E-state index is 5.97. The largest absolute Gasteiger partial charge is 0.495 e. The van der Waals surface area contributed by atoms with Crippen molar-refractivity contribution in [3.63, 3.8) is 0 Å². The summed E-state index contributed by atoms with van der Waals surface area (Å²) in [4.78, 5) is 0. The fraction of sp³-hybridized carbons (Fsp3) is 0.273. The second-order valence-corrected chi connectivity index (χ2v) is 3.43. The van der Waals surface area contributed by atoms with Crippen molar-refractivity contribution >= 4 is 17.3 Å². The van der Waals surface area contributed by atoms with Crippen molar-refractivity contribution in [2.24, 2.45) is 0 Å². The van der Waals surface area contributed by atoms with Gasteiger partial charge in [0.2, 0.25) is 0 Å². The molecule has 0 aliphatic carbocycles. The van der Waals surface area contributed by atoms with E-state index < -0.39 is 0 Å². The van der Waals surface area contributed by atoms with Gasteiger partial charge >= 0.3 is 0 Å². The molecule has 1 unspecified atom stereocenters. The van der Waals surface area contributed by atoms with Crippen LogP contribution < -0.4 is 10.1 Å². The molecule has 1 aromatic rings. The van der Waals surface area contributed by atoms with Crippen LogP contribution in [0.25, 0.3) is 0 Å². The Balaban J connectivity index is 2.80. The van der Waals surface area contributed by atoms with Crippen molar-refractivity contribution in [2.45, 2.75) is 13.0 Å². The van der Waals surface area contributed by atoms with Gasteiger partial charge in [0.05, 0.1) is 12.1 Å². The Morgan fingerprint density at radius 3 is 2.79 bits per heavy atom. The topological polar surface area (TPSA) is 21.3 Å². The van der Waals surface area contributed by atoms with Crippen molar-refractivity contribution in [3.05, 3.63) is 35.9 Å². The Morgan fingerprint density at radius 1 is 1.57 bits per heavy atom. The number of halogens is 1. The summed E-state index contributed by atoms with van der Waals surface area (Å²) < 4.78 is 5.05. The molecule has 0 radical (unpaired) electrons. The summed E-state index contributed by atoms with van der Waals surface area (Å²) in [5.41, 5.74) is 0.961. The Hall–Kier alpha value is -1.15. The third-order valence-corrected chi connectivity index (χ3v) is 2.20. The van der Waals surface area contributed by atoms with E-state index in [9.17, 15) is 0 Å². The summed E-state index contributed by atoms with van der Waals surface area (Å²) in [6.07, 6.45) is 1.83. The number of benzene rings is 1. The highest BCUT2D eigenvalue weighted by Crippen LogP contribution is 2.27. The monoisotopic (exact) mass is 211 g/mol. The van der Waals surface area contributed by atoms with Crippen molar-refractivity contribution in [1.29, 1.82) is 0 Å². The molecule has 0 fully saturated rings. The van der Waals surface area contributed by atoms with Gasteiger partial charge in [0.1, 0.15) is 5.75 Å². The van der Waals surface area contributed by atoms with E-state index in [1.807, 2.05) is 31.2 Å². The zero-order valence-corrected chi connectivity index (χ0v) is 9.14. The second kappa shape index (κ2) is 4.91. The van der Waals surface area contributed by atoms with Crippen LogP contribution in [0.5, 0.6) is 5.75 Å². The minimum Gasteiger partial charge on any atom is -0.495 e. The number of hydrogen-bond acceptors (Lipinski definition) is 2. The average molecular weight is 212 g/mol. The average Bonchev–Trinajstić information content (AvgIpc) is 2.18. The molecule has 1 rings (SSSR count). The Labute approximate surface area is 89.5 Å². The molecule has 0 spiro atoms. The molecule has 14 heavy (non-hydrogen) atoms. The Kier molecular flexibility index (Phi) is 3.84. The smallest absolute Gasteiger partial charge is 0.137 e. The van der Waals surface area contributed by atoms with Crippen LogP contribution in [0.15, 0.2) is 30.9 Å². The normalized spacial score (nSPS) is 11.9. The van der Waals surface area contributed by atoms with Gasteiger partial charge in [0.15, 0.2) is 0 Å². The first-order chi connectivity index (χ1) is 6.67. The zero-order valence-electron chi connectivity index (χ0n) is 8.38. The number of methoxy groups -OCH3 is 1. The lowest BCUT2D eigenvalue weighted by Crippen LogP contribution is -2.10. The number of nitrogens with one attached hydrogen (secondary N) is 1. The summed E-state index contributed by atoms with van der Waals surface area (Å²) in [6, 6.07) is 5.81. The van der Waals surface area contributed by atoms with Gasteiger partial charge in [-0.2, -0.15) is 0 Å². The van der Waals surface area contributed by atoms with Crippen LogP contribution in [0.2, 0.25) is 5.02 Å². The molecule has 0 aromatic heterocycles. The van der Waals surface area contributed by atoms with E-state index in [-0.39, 0.29) is 6.04 Å². The van der Waals surface area contributed by atoms with E-state index in [0.717, 1.165) is 5.69 Å². The lowest BCUT2D eigenvalue weighted by Gasteiger charge is -2.12. The third kappa shape index (κ3) is 2.67. The number of hydrogen-bond donors (Lipinski definition) is 1. The molecule has 0 amide bonds. The van der Waals surface area contributed by atoms with Crippen LogP contribution >= 0.6 is 11.6 Å². The van der Waals surface area contributed by atoms with Gasteiger partial charge in [-0.1, -0.05) is 17.7 Å². The number of ether oxygens (including phenoxy) is 1. The summed E-state index contributed by atoms with van der Waals surface area (Å²) >= 11 is 5.97.